The number of nitrogens with one attached hydrogen (secondary N) is 2. The first-order valence-electron chi connectivity index (χ1n) is 7.54. The summed E-state index contributed by atoms with van der Waals surface area (Å²) < 4.78 is 2.13. The van der Waals surface area contributed by atoms with Gasteiger partial charge in [-0.25, -0.2) is 4.79 Å². The molecule has 0 saturated heterocycles. The minimum absolute atomic E-state index is 0.330. The quantitative estimate of drug-likeness (QED) is 0.777. The number of fused-ring (bicyclic) bond motifs is 1. The van der Waals surface area contributed by atoms with Gasteiger partial charge in [0.05, 0.1) is 16.6 Å². The predicted molar refractivity (Wildman–Crippen MR) is 88.3 cm³/mol. The number of aromatic amines is 2. The van der Waals surface area contributed by atoms with E-state index in [1.165, 1.54) is 0 Å². The van der Waals surface area contributed by atoms with Crippen LogP contribution in [0.1, 0.15) is 25.5 Å². The van der Waals surface area contributed by atoms with Crippen LogP contribution < -0.4 is 11.2 Å². The second-order valence-electron chi connectivity index (χ2n) is 5.46. The van der Waals surface area contributed by atoms with Crippen LogP contribution >= 0.6 is 0 Å². The minimum Gasteiger partial charge on any atom is -0.342 e. The van der Waals surface area contributed by atoms with Gasteiger partial charge in [0.1, 0.15) is 0 Å². The van der Waals surface area contributed by atoms with E-state index >= 15 is 0 Å². The zero-order chi connectivity index (χ0) is 15.7. The Kier molecular flexibility index (Phi) is 3.71. The predicted octanol–water partition coefficient (Wildman–Crippen LogP) is 2.79. The SMILES string of the molecule is CCCCn1c(-c2ccccc2)c2[nH]c(=O)[nH]c(=O)c2c1C. The molecule has 1 aromatic carbocycles. The van der Waals surface area contributed by atoms with E-state index in [0.29, 0.717) is 10.9 Å². The highest BCUT2D eigenvalue weighted by molar-refractivity contribution is 5.94. The second kappa shape index (κ2) is 5.67. The van der Waals surface area contributed by atoms with Crippen molar-refractivity contribution in [3.05, 3.63) is 56.9 Å². The Balaban J connectivity index is 2.41. The molecule has 0 atom stereocenters. The standard InChI is InChI=1S/C17H19N3O2/c1-3-4-10-20-11(2)13-14(18-17(22)19-16(13)21)15(20)12-8-6-5-7-9-12/h5-9H,3-4,10H2,1-2H3,(H2,18,19,21,22). The molecule has 3 rings (SSSR count). The van der Waals surface area contributed by atoms with Gasteiger partial charge in [-0.1, -0.05) is 43.7 Å². The number of aromatic nitrogens is 3. The maximum Gasteiger partial charge on any atom is 0.326 e. The van der Waals surface area contributed by atoms with E-state index in [9.17, 15) is 9.59 Å². The number of hydrogen-bond donors (Lipinski definition) is 2. The van der Waals surface area contributed by atoms with Crippen molar-refractivity contribution < 1.29 is 0 Å². The lowest BCUT2D eigenvalue weighted by molar-refractivity contribution is 0.629. The van der Waals surface area contributed by atoms with Crippen LogP contribution in [0.3, 0.4) is 0 Å². The first-order valence-corrected chi connectivity index (χ1v) is 7.54. The molecule has 0 aliphatic rings. The molecule has 3 aromatic rings. The van der Waals surface area contributed by atoms with Gasteiger partial charge in [0.2, 0.25) is 0 Å². The van der Waals surface area contributed by atoms with Crippen molar-refractivity contribution in [3.8, 4) is 11.3 Å². The summed E-state index contributed by atoms with van der Waals surface area (Å²) in [6.45, 7) is 4.89. The Morgan fingerprint density at radius 3 is 2.50 bits per heavy atom. The largest absolute Gasteiger partial charge is 0.342 e. The van der Waals surface area contributed by atoms with Crippen molar-refractivity contribution in [3.63, 3.8) is 0 Å². The van der Waals surface area contributed by atoms with Crippen LogP contribution in [0.5, 0.6) is 0 Å². The summed E-state index contributed by atoms with van der Waals surface area (Å²) in [7, 11) is 0. The minimum atomic E-state index is -0.470. The van der Waals surface area contributed by atoms with Gasteiger partial charge in [0.15, 0.2) is 0 Å². The third-order valence-corrected chi connectivity index (χ3v) is 4.00. The molecule has 0 unspecified atom stereocenters. The molecule has 0 aliphatic carbocycles. The Labute approximate surface area is 127 Å². The Bertz CT molecular complexity index is 917. The average Bonchev–Trinajstić information content (AvgIpc) is 2.78. The third-order valence-electron chi connectivity index (χ3n) is 4.00. The molecule has 2 heterocycles. The molecular formula is C17H19N3O2. The smallest absolute Gasteiger partial charge is 0.326 e. The van der Waals surface area contributed by atoms with E-state index in [0.717, 1.165) is 36.3 Å². The molecule has 2 N–H and O–H groups in total. The van der Waals surface area contributed by atoms with Crippen molar-refractivity contribution in [2.45, 2.75) is 33.2 Å². The van der Waals surface area contributed by atoms with Crippen LogP contribution in [0, 0.1) is 6.92 Å². The summed E-state index contributed by atoms with van der Waals surface area (Å²) in [5, 5.41) is 0.564. The van der Waals surface area contributed by atoms with Crippen molar-refractivity contribution in [2.75, 3.05) is 0 Å². The summed E-state index contributed by atoms with van der Waals surface area (Å²) in [5.41, 5.74) is 2.61. The molecule has 0 saturated carbocycles. The summed E-state index contributed by atoms with van der Waals surface area (Å²) >= 11 is 0. The molecule has 0 spiro atoms. The van der Waals surface area contributed by atoms with Crippen LogP contribution in [0.4, 0.5) is 0 Å². The van der Waals surface area contributed by atoms with Gasteiger partial charge in [0.25, 0.3) is 5.56 Å². The molecule has 5 heteroatoms. The number of nitrogens with zero attached hydrogens (tertiary/aromatic N) is 1. The van der Waals surface area contributed by atoms with Gasteiger partial charge in [-0.3, -0.25) is 9.78 Å². The molecular weight excluding hydrogens is 278 g/mol. The summed E-state index contributed by atoms with van der Waals surface area (Å²) in [5.74, 6) is 0. The summed E-state index contributed by atoms with van der Waals surface area (Å²) in [6, 6.07) is 9.86. The Morgan fingerprint density at radius 1 is 1.09 bits per heavy atom. The molecule has 0 bridgehead atoms. The third kappa shape index (κ3) is 2.28. The number of unbranched alkanes of at least 4 members (excludes halogenated alkanes) is 1. The Morgan fingerprint density at radius 2 is 1.82 bits per heavy atom. The first kappa shape index (κ1) is 14.4. The lowest BCUT2D eigenvalue weighted by Gasteiger charge is -2.11. The summed E-state index contributed by atoms with van der Waals surface area (Å²) in [4.78, 5) is 29.0. The topological polar surface area (TPSA) is 70.7 Å². The maximum atomic E-state index is 12.2. The van der Waals surface area contributed by atoms with Crippen molar-refractivity contribution in [2.24, 2.45) is 0 Å². The van der Waals surface area contributed by atoms with Gasteiger partial charge < -0.3 is 9.55 Å². The van der Waals surface area contributed by atoms with Crippen LogP contribution in [-0.4, -0.2) is 14.5 Å². The molecule has 114 valence electrons. The lowest BCUT2D eigenvalue weighted by Crippen LogP contribution is -2.21. The van der Waals surface area contributed by atoms with Gasteiger partial charge in [0, 0.05) is 17.8 Å². The molecule has 0 fully saturated rings. The normalized spacial score (nSPS) is 11.2. The van der Waals surface area contributed by atoms with Crippen LogP contribution in [0.15, 0.2) is 39.9 Å². The fraction of sp³-hybridized carbons (Fsp3) is 0.294. The maximum absolute atomic E-state index is 12.2. The molecule has 5 nitrogen and oxygen atoms in total. The fourth-order valence-electron chi connectivity index (χ4n) is 2.94. The second-order valence-corrected chi connectivity index (χ2v) is 5.46. The van der Waals surface area contributed by atoms with Gasteiger partial charge in [-0.15, -0.1) is 0 Å². The highest BCUT2D eigenvalue weighted by atomic mass is 16.2. The molecule has 22 heavy (non-hydrogen) atoms. The highest BCUT2D eigenvalue weighted by Gasteiger charge is 2.18. The zero-order valence-electron chi connectivity index (χ0n) is 12.8. The summed E-state index contributed by atoms with van der Waals surface area (Å²) in [6.07, 6.45) is 2.08. The van der Waals surface area contributed by atoms with Gasteiger partial charge in [-0.2, -0.15) is 0 Å². The fourth-order valence-corrected chi connectivity index (χ4v) is 2.94. The van der Waals surface area contributed by atoms with Crippen molar-refractivity contribution >= 4 is 10.9 Å². The number of hydrogen-bond acceptors (Lipinski definition) is 2. The Hall–Kier alpha value is -2.56. The van der Waals surface area contributed by atoms with E-state index in [4.69, 9.17) is 0 Å². The molecule has 0 radical (unpaired) electrons. The van der Waals surface area contributed by atoms with Crippen LogP contribution in [0.2, 0.25) is 0 Å². The van der Waals surface area contributed by atoms with E-state index in [2.05, 4.69) is 21.5 Å². The first-order chi connectivity index (χ1) is 10.6. The number of benzene rings is 1. The zero-order valence-corrected chi connectivity index (χ0v) is 12.8. The van der Waals surface area contributed by atoms with Crippen LogP contribution in [0.25, 0.3) is 22.2 Å². The van der Waals surface area contributed by atoms with Crippen LogP contribution in [-0.2, 0) is 6.54 Å². The monoisotopic (exact) mass is 297 g/mol. The highest BCUT2D eigenvalue weighted by Crippen LogP contribution is 2.30. The number of H-pyrrole nitrogens is 2. The van der Waals surface area contributed by atoms with E-state index in [-0.39, 0.29) is 5.56 Å². The molecule has 2 aromatic heterocycles. The molecule has 0 aliphatic heterocycles. The number of rotatable bonds is 4. The molecule has 0 amide bonds. The van der Waals surface area contributed by atoms with E-state index < -0.39 is 5.69 Å². The van der Waals surface area contributed by atoms with Gasteiger partial charge in [-0.05, 0) is 13.3 Å². The van der Waals surface area contributed by atoms with E-state index in [1.54, 1.807) is 0 Å². The van der Waals surface area contributed by atoms with E-state index in [1.807, 2.05) is 37.3 Å². The van der Waals surface area contributed by atoms with Gasteiger partial charge >= 0.3 is 5.69 Å². The van der Waals surface area contributed by atoms with Crippen molar-refractivity contribution in [1.29, 1.82) is 0 Å². The lowest BCUT2D eigenvalue weighted by atomic mass is 10.1. The number of aryl methyl sites for hydroxylation is 1. The average molecular weight is 297 g/mol. The van der Waals surface area contributed by atoms with Crippen molar-refractivity contribution in [1.82, 2.24) is 14.5 Å².